The summed E-state index contributed by atoms with van der Waals surface area (Å²) >= 11 is 7.50. The van der Waals surface area contributed by atoms with Gasteiger partial charge in [-0.15, -0.1) is 11.8 Å². The second-order valence-electron chi connectivity index (χ2n) is 4.91. The van der Waals surface area contributed by atoms with E-state index < -0.39 is 5.97 Å². The summed E-state index contributed by atoms with van der Waals surface area (Å²) in [5.41, 5.74) is 0.623. The first-order valence-electron chi connectivity index (χ1n) is 7.02. The lowest BCUT2D eigenvalue weighted by molar-refractivity contribution is 0.0474. The van der Waals surface area contributed by atoms with Gasteiger partial charge in [0.1, 0.15) is 0 Å². The number of ketones is 1. The van der Waals surface area contributed by atoms with Crippen molar-refractivity contribution >= 4 is 35.1 Å². The van der Waals surface area contributed by atoms with Crippen molar-refractivity contribution in [2.24, 2.45) is 0 Å². The minimum Gasteiger partial charge on any atom is -0.454 e. The highest BCUT2D eigenvalue weighted by molar-refractivity contribution is 7.98. The summed E-state index contributed by atoms with van der Waals surface area (Å²) < 4.78 is 15.5. The van der Waals surface area contributed by atoms with Crippen molar-refractivity contribution in [3.05, 3.63) is 52.5 Å². The van der Waals surface area contributed by atoms with Crippen LogP contribution in [0.15, 0.2) is 41.3 Å². The second kappa shape index (κ2) is 7.15. The number of halogens is 1. The van der Waals surface area contributed by atoms with E-state index in [-0.39, 0.29) is 29.8 Å². The molecule has 124 valence electrons. The number of hydrogen-bond donors (Lipinski definition) is 0. The molecular formula is C17H13ClO5S. The van der Waals surface area contributed by atoms with Crippen LogP contribution >= 0.6 is 23.4 Å². The van der Waals surface area contributed by atoms with E-state index in [0.29, 0.717) is 17.1 Å². The highest BCUT2D eigenvalue weighted by atomic mass is 35.5. The molecule has 1 aliphatic rings. The first-order chi connectivity index (χ1) is 11.6. The highest BCUT2D eigenvalue weighted by Crippen LogP contribution is 2.32. The van der Waals surface area contributed by atoms with Crippen LogP contribution in [0.4, 0.5) is 0 Å². The van der Waals surface area contributed by atoms with E-state index in [1.165, 1.54) is 11.8 Å². The Morgan fingerprint density at radius 1 is 1.17 bits per heavy atom. The monoisotopic (exact) mass is 364 g/mol. The van der Waals surface area contributed by atoms with Crippen molar-refractivity contribution in [2.45, 2.75) is 4.90 Å². The molecule has 0 spiro atoms. The Bertz CT molecular complexity index is 806. The molecule has 0 N–H and O–H groups in total. The van der Waals surface area contributed by atoms with Crippen LogP contribution in [-0.4, -0.2) is 31.4 Å². The molecule has 0 aliphatic carbocycles. The Morgan fingerprint density at radius 3 is 2.75 bits per heavy atom. The van der Waals surface area contributed by atoms with Gasteiger partial charge in [0, 0.05) is 10.5 Å². The van der Waals surface area contributed by atoms with E-state index >= 15 is 0 Å². The normalized spacial score (nSPS) is 12.1. The molecular weight excluding hydrogens is 352 g/mol. The predicted octanol–water partition coefficient (Wildman–Crippen LogP) is 3.83. The third kappa shape index (κ3) is 3.49. The Labute approximate surface area is 147 Å². The summed E-state index contributed by atoms with van der Waals surface area (Å²) in [7, 11) is 0. The summed E-state index contributed by atoms with van der Waals surface area (Å²) in [6.45, 7) is -0.245. The fraction of sp³-hybridized carbons (Fsp3) is 0.176. The fourth-order valence-corrected chi connectivity index (χ4v) is 2.78. The lowest BCUT2D eigenvalue weighted by Gasteiger charge is -2.07. The van der Waals surface area contributed by atoms with Gasteiger partial charge in [0.25, 0.3) is 0 Å². The molecule has 0 radical (unpaired) electrons. The van der Waals surface area contributed by atoms with E-state index in [1.807, 2.05) is 12.3 Å². The number of thioether (sulfide) groups is 1. The number of fused-ring (bicyclic) bond motifs is 1. The average molecular weight is 365 g/mol. The van der Waals surface area contributed by atoms with Gasteiger partial charge in [-0.25, -0.2) is 4.79 Å². The lowest BCUT2D eigenvalue weighted by atomic mass is 10.1. The molecule has 1 heterocycles. The third-order valence-corrected chi connectivity index (χ3v) is 4.48. The third-order valence-electron chi connectivity index (χ3n) is 3.42. The van der Waals surface area contributed by atoms with Gasteiger partial charge in [0.2, 0.25) is 6.79 Å². The van der Waals surface area contributed by atoms with Gasteiger partial charge in [-0.3, -0.25) is 4.79 Å². The van der Waals surface area contributed by atoms with Crippen molar-refractivity contribution in [3.8, 4) is 11.5 Å². The van der Waals surface area contributed by atoms with Crippen LogP contribution in [-0.2, 0) is 4.74 Å². The number of rotatable bonds is 5. The zero-order valence-electron chi connectivity index (χ0n) is 12.7. The molecule has 5 nitrogen and oxygen atoms in total. The van der Waals surface area contributed by atoms with Gasteiger partial charge in [-0.1, -0.05) is 11.6 Å². The molecule has 24 heavy (non-hydrogen) atoms. The maximum absolute atomic E-state index is 12.2. The quantitative estimate of drug-likeness (QED) is 0.456. The topological polar surface area (TPSA) is 61.8 Å². The Balaban J connectivity index is 1.67. The van der Waals surface area contributed by atoms with E-state index in [4.69, 9.17) is 25.8 Å². The van der Waals surface area contributed by atoms with E-state index in [0.717, 1.165) is 4.90 Å². The molecule has 0 atom stereocenters. The fourth-order valence-electron chi connectivity index (χ4n) is 2.15. The minimum atomic E-state index is -0.634. The average Bonchev–Trinajstić information content (AvgIpc) is 3.07. The van der Waals surface area contributed by atoms with Crippen LogP contribution in [0.1, 0.15) is 20.7 Å². The molecule has 0 aromatic heterocycles. The molecule has 2 aromatic rings. The van der Waals surface area contributed by atoms with Crippen LogP contribution in [0.2, 0.25) is 5.02 Å². The highest BCUT2D eigenvalue weighted by Gasteiger charge is 2.18. The minimum absolute atomic E-state index is 0.131. The largest absolute Gasteiger partial charge is 0.454 e. The van der Waals surface area contributed by atoms with Crippen molar-refractivity contribution in [2.75, 3.05) is 19.7 Å². The van der Waals surface area contributed by atoms with Crippen LogP contribution in [0, 0.1) is 0 Å². The number of carbonyl (C=O) groups excluding carboxylic acids is 2. The number of benzene rings is 2. The van der Waals surface area contributed by atoms with Gasteiger partial charge >= 0.3 is 5.97 Å². The van der Waals surface area contributed by atoms with E-state index in [9.17, 15) is 9.59 Å². The van der Waals surface area contributed by atoms with Crippen molar-refractivity contribution in [1.29, 1.82) is 0 Å². The van der Waals surface area contributed by atoms with E-state index in [1.54, 1.807) is 30.3 Å². The number of carbonyl (C=O) groups is 2. The molecule has 0 amide bonds. The lowest BCUT2D eigenvalue weighted by Crippen LogP contribution is -2.14. The number of esters is 1. The maximum Gasteiger partial charge on any atom is 0.340 e. The Morgan fingerprint density at radius 2 is 1.96 bits per heavy atom. The van der Waals surface area contributed by atoms with Crippen molar-refractivity contribution < 1.29 is 23.8 Å². The number of Topliss-reactive ketones (excluding diaryl/α,β-unsaturated/α-hetero) is 1. The van der Waals surface area contributed by atoms with Gasteiger partial charge in [0.15, 0.2) is 23.9 Å². The molecule has 0 saturated carbocycles. The van der Waals surface area contributed by atoms with Gasteiger partial charge in [-0.2, -0.15) is 0 Å². The predicted molar refractivity (Wildman–Crippen MR) is 90.4 cm³/mol. The smallest absolute Gasteiger partial charge is 0.340 e. The summed E-state index contributed by atoms with van der Waals surface area (Å²) in [5.74, 6) is 0.121. The second-order valence-corrected chi connectivity index (χ2v) is 6.20. The summed E-state index contributed by atoms with van der Waals surface area (Å²) in [4.78, 5) is 25.2. The first-order valence-corrected chi connectivity index (χ1v) is 8.62. The molecule has 7 heteroatoms. The van der Waals surface area contributed by atoms with Crippen molar-refractivity contribution in [1.82, 2.24) is 0 Å². The zero-order chi connectivity index (χ0) is 17.1. The van der Waals surface area contributed by atoms with Gasteiger partial charge in [0.05, 0.1) is 10.6 Å². The first kappa shape index (κ1) is 16.7. The van der Waals surface area contributed by atoms with Gasteiger partial charge in [-0.05, 0) is 42.7 Å². The van der Waals surface area contributed by atoms with Crippen LogP contribution in [0.3, 0.4) is 0 Å². The summed E-state index contributed by atoms with van der Waals surface area (Å²) in [6, 6.07) is 9.90. The van der Waals surface area contributed by atoms with Crippen LogP contribution in [0.5, 0.6) is 11.5 Å². The molecule has 1 aliphatic heterocycles. The molecule has 2 aromatic carbocycles. The number of hydrogen-bond acceptors (Lipinski definition) is 6. The Kier molecular flexibility index (Phi) is 4.97. The number of ether oxygens (including phenoxy) is 3. The standard InChI is InChI=1S/C17H13ClO5S/c1-24-11-3-4-13(18)12(7-11)17(20)21-8-14(19)10-2-5-15-16(6-10)23-9-22-15/h2-7H,8-9H2,1H3. The summed E-state index contributed by atoms with van der Waals surface area (Å²) in [6.07, 6.45) is 1.89. The summed E-state index contributed by atoms with van der Waals surface area (Å²) in [5, 5.41) is 0.285. The molecule has 0 fully saturated rings. The van der Waals surface area contributed by atoms with Crippen LogP contribution in [0.25, 0.3) is 0 Å². The van der Waals surface area contributed by atoms with E-state index in [2.05, 4.69) is 0 Å². The molecule has 3 rings (SSSR count). The molecule has 0 bridgehead atoms. The van der Waals surface area contributed by atoms with Crippen LogP contribution < -0.4 is 9.47 Å². The maximum atomic E-state index is 12.2. The SMILES string of the molecule is CSc1ccc(Cl)c(C(=O)OCC(=O)c2ccc3c(c2)OCO3)c1. The molecule has 0 unspecified atom stereocenters. The Hall–Kier alpha value is -2.18. The van der Waals surface area contributed by atoms with Crippen molar-refractivity contribution in [3.63, 3.8) is 0 Å². The zero-order valence-corrected chi connectivity index (χ0v) is 14.3. The van der Waals surface area contributed by atoms with Gasteiger partial charge < -0.3 is 14.2 Å². The molecule has 0 saturated heterocycles.